The highest BCUT2D eigenvalue weighted by Crippen LogP contribution is 2.36. The third-order valence-corrected chi connectivity index (χ3v) is 7.20. The average molecular weight is 416 g/mol. The van der Waals surface area contributed by atoms with Crippen molar-refractivity contribution in [2.45, 2.75) is 64.5 Å². The van der Waals surface area contributed by atoms with E-state index in [-0.39, 0.29) is 18.1 Å². The second-order valence-electron chi connectivity index (χ2n) is 6.47. The molecule has 2 nitrogen and oxygen atoms in total. The highest BCUT2D eigenvalue weighted by Gasteiger charge is 2.36. The Morgan fingerprint density at radius 3 is 1.67 bits per heavy atom. The number of hydrogen-bond acceptors (Lipinski definition) is 2. The number of benzene rings is 1. The lowest BCUT2D eigenvalue weighted by Gasteiger charge is -2.25. The van der Waals surface area contributed by atoms with Crippen LogP contribution in [0, 0.1) is 0 Å². The van der Waals surface area contributed by atoms with Gasteiger partial charge in [0.1, 0.15) is 0 Å². The summed E-state index contributed by atoms with van der Waals surface area (Å²) < 4.78 is 88.6. The summed E-state index contributed by atoms with van der Waals surface area (Å²) in [6.07, 6.45) is -7.51. The maximum atomic E-state index is 12.9. The highest BCUT2D eigenvalue weighted by atomic mass is 28.4. The van der Waals surface area contributed by atoms with Gasteiger partial charge < -0.3 is 8.85 Å². The molecule has 0 unspecified atom stereocenters. The SMILES string of the molecule is CCO[Si](C)(CCCCCc1cc(C(F)(F)F)cc(C(F)(F)F)c1)OCC. The van der Waals surface area contributed by atoms with E-state index >= 15 is 0 Å². The van der Waals surface area contributed by atoms with E-state index in [1.165, 1.54) is 0 Å². The summed E-state index contributed by atoms with van der Waals surface area (Å²) >= 11 is 0. The Morgan fingerprint density at radius 1 is 0.778 bits per heavy atom. The van der Waals surface area contributed by atoms with Gasteiger partial charge in [0, 0.05) is 13.2 Å². The van der Waals surface area contributed by atoms with Crippen LogP contribution in [0.4, 0.5) is 26.3 Å². The fraction of sp³-hybridized carbons (Fsp3) is 0.667. The fourth-order valence-electron chi connectivity index (χ4n) is 2.91. The third-order valence-electron chi connectivity index (χ3n) is 4.14. The normalized spacial score (nSPS) is 13.2. The minimum absolute atomic E-state index is 0.0479. The van der Waals surface area contributed by atoms with Crippen molar-refractivity contribution in [2.75, 3.05) is 13.2 Å². The van der Waals surface area contributed by atoms with Crippen molar-refractivity contribution < 1.29 is 35.2 Å². The van der Waals surface area contributed by atoms with Crippen LogP contribution in [0.5, 0.6) is 0 Å². The average Bonchev–Trinajstić information content (AvgIpc) is 2.53. The number of aryl methyl sites for hydroxylation is 1. The van der Waals surface area contributed by atoms with Crippen molar-refractivity contribution >= 4 is 8.56 Å². The van der Waals surface area contributed by atoms with Crippen LogP contribution in [-0.4, -0.2) is 21.8 Å². The molecule has 0 aliphatic rings. The zero-order chi connectivity index (χ0) is 20.7. The maximum Gasteiger partial charge on any atom is 0.416 e. The van der Waals surface area contributed by atoms with Crippen molar-refractivity contribution in [3.63, 3.8) is 0 Å². The minimum atomic E-state index is -4.81. The zero-order valence-electron chi connectivity index (χ0n) is 15.8. The number of hydrogen-bond donors (Lipinski definition) is 0. The molecule has 1 rings (SSSR count). The second-order valence-corrected chi connectivity index (χ2v) is 9.82. The monoisotopic (exact) mass is 416 g/mol. The molecule has 0 aromatic heterocycles. The Balaban J connectivity index is 2.69. The van der Waals surface area contributed by atoms with Gasteiger partial charge in [-0.05, 0) is 63.0 Å². The molecule has 0 atom stereocenters. The van der Waals surface area contributed by atoms with E-state index < -0.39 is 32.0 Å². The van der Waals surface area contributed by atoms with Gasteiger partial charge in [-0.2, -0.15) is 26.3 Å². The molecule has 0 radical (unpaired) electrons. The molecule has 0 aliphatic carbocycles. The topological polar surface area (TPSA) is 18.5 Å². The molecular formula is C18H26F6O2Si. The van der Waals surface area contributed by atoms with E-state index in [1.807, 2.05) is 20.4 Å². The van der Waals surface area contributed by atoms with Gasteiger partial charge in [0.2, 0.25) is 0 Å². The first-order valence-corrected chi connectivity index (χ1v) is 11.5. The summed E-state index contributed by atoms with van der Waals surface area (Å²) in [5, 5.41) is 0. The van der Waals surface area contributed by atoms with Gasteiger partial charge >= 0.3 is 20.9 Å². The lowest BCUT2D eigenvalue weighted by atomic mass is 10.0. The summed E-state index contributed by atoms with van der Waals surface area (Å²) in [5.74, 6) is 0. The predicted octanol–water partition coefficient (Wildman–Crippen LogP) is 6.58. The summed E-state index contributed by atoms with van der Waals surface area (Å²) in [5.41, 5.74) is -2.48. The molecule has 0 fully saturated rings. The molecule has 0 saturated carbocycles. The molecule has 0 N–H and O–H groups in total. The molecule has 27 heavy (non-hydrogen) atoms. The molecule has 0 spiro atoms. The number of rotatable bonds is 10. The van der Waals surface area contributed by atoms with Crippen molar-refractivity contribution in [1.82, 2.24) is 0 Å². The lowest BCUT2D eigenvalue weighted by Crippen LogP contribution is -2.38. The van der Waals surface area contributed by atoms with Crippen LogP contribution in [0.15, 0.2) is 18.2 Å². The van der Waals surface area contributed by atoms with Crippen LogP contribution in [0.3, 0.4) is 0 Å². The molecule has 0 heterocycles. The second kappa shape index (κ2) is 9.93. The maximum absolute atomic E-state index is 12.9. The van der Waals surface area contributed by atoms with Crippen LogP contribution in [0.2, 0.25) is 12.6 Å². The van der Waals surface area contributed by atoms with E-state index in [9.17, 15) is 26.3 Å². The molecular weight excluding hydrogens is 390 g/mol. The third kappa shape index (κ3) is 8.23. The number of alkyl halides is 6. The first kappa shape index (κ1) is 24.0. The van der Waals surface area contributed by atoms with Crippen molar-refractivity contribution in [1.29, 1.82) is 0 Å². The van der Waals surface area contributed by atoms with E-state index in [0.717, 1.165) is 24.6 Å². The Kier molecular flexibility index (Phi) is 8.82. The Hall–Kier alpha value is -1.06. The van der Waals surface area contributed by atoms with Gasteiger partial charge in [-0.1, -0.05) is 12.8 Å². The number of halogens is 6. The molecule has 0 bridgehead atoms. The van der Waals surface area contributed by atoms with Gasteiger partial charge in [0.05, 0.1) is 11.1 Å². The van der Waals surface area contributed by atoms with Gasteiger partial charge in [0.25, 0.3) is 0 Å². The van der Waals surface area contributed by atoms with E-state index in [2.05, 4.69) is 0 Å². The van der Waals surface area contributed by atoms with Gasteiger partial charge in [-0.3, -0.25) is 0 Å². The van der Waals surface area contributed by atoms with Crippen LogP contribution in [0.1, 0.15) is 49.8 Å². The smallest absolute Gasteiger partial charge is 0.395 e. The Labute approximate surface area is 157 Å². The highest BCUT2D eigenvalue weighted by molar-refractivity contribution is 6.66. The molecule has 1 aromatic carbocycles. The van der Waals surface area contributed by atoms with Crippen LogP contribution >= 0.6 is 0 Å². The molecule has 156 valence electrons. The van der Waals surface area contributed by atoms with Crippen LogP contribution in [-0.2, 0) is 27.6 Å². The lowest BCUT2D eigenvalue weighted by molar-refractivity contribution is -0.143. The largest absolute Gasteiger partial charge is 0.416 e. The fourth-order valence-corrected chi connectivity index (χ4v) is 5.40. The van der Waals surface area contributed by atoms with Crippen molar-refractivity contribution in [2.24, 2.45) is 0 Å². The molecule has 9 heteroatoms. The molecule has 0 amide bonds. The van der Waals surface area contributed by atoms with E-state index in [0.29, 0.717) is 26.1 Å². The number of unbranched alkanes of at least 4 members (excludes halogenated alkanes) is 2. The summed E-state index contributed by atoms with van der Waals surface area (Å²) in [4.78, 5) is 0. The van der Waals surface area contributed by atoms with Crippen molar-refractivity contribution in [3.8, 4) is 0 Å². The first-order valence-electron chi connectivity index (χ1n) is 8.97. The quantitative estimate of drug-likeness (QED) is 0.244. The van der Waals surface area contributed by atoms with E-state index in [4.69, 9.17) is 8.85 Å². The van der Waals surface area contributed by atoms with Gasteiger partial charge in [-0.15, -0.1) is 0 Å². The first-order chi connectivity index (χ1) is 12.4. The standard InChI is InChI=1S/C18H26F6O2Si/c1-4-25-27(3,26-5-2)10-8-6-7-9-14-11-15(17(19,20)21)13-16(12-14)18(22,23)24/h11-13H,4-10H2,1-3H3. The van der Waals surface area contributed by atoms with Crippen LogP contribution in [0.25, 0.3) is 0 Å². The van der Waals surface area contributed by atoms with Gasteiger partial charge in [-0.25, -0.2) is 0 Å². The Bertz CT molecular complexity index is 548. The van der Waals surface area contributed by atoms with Crippen molar-refractivity contribution in [3.05, 3.63) is 34.9 Å². The van der Waals surface area contributed by atoms with Gasteiger partial charge in [0.15, 0.2) is 0 Å². The Morgan fingerprint density at radius 2 is 1.26 bits per heavy atom. The summed E-state index contributed by atoms with van der Waals surface area (Å²) in [7, 11) is -2.24. The van der Waals surface area contributed by atoms with E-state index in [1.54, 1.807) is 0 Å². The zero-order valence-corrected chi connectivity index (χ0v) is 16.8. The molecule has 0 saturated heterocycles. The minimum Gasteiger partial charge on any atom is -0.395 e. The van der Waals surface area contributed by atoms with Crippen LogP contribution < -0.4 is 0 Å². The predicted molar refractivity (Wildman–Crippen MR) is 93.7 cm³/mol. The summed E-state index contributed by atoms with van der Waals surface area (Å²) in [6.45, 7) is 6.83. The molecule has 1 aromatic rings. The molecule has 0 aliphatic heterocycles. The summed E-state index contributed by atoms with van der Waals surface area (Å²) in [6, 6.07) is 2.50.